The van der Waals surface area contributed by atoms with Crippen LogP contribution in [0.2, 0.25) is 0 Å². The van der Waals surface area contributed by atoms with Crippen LogP contribution in [0.4, 0.5) is 0 Å². The SMILES string of the molecule is CCCN1C[C@H](C(=O)c2ccccc2)C(c2cccc(C)c2C)[C@@H](C(=O)c2ccccc2)C1.Cc1cccc(C2[C@@H](C(=O)c3ccccc3)CN(CC(=O)N(C)C)C[C@@H]2C(=O)c2ccccc2)c1. The Labute approximate surface area is 403 Å². The molecule has 0 N–H and O–H groups in total. The Morgan fingerprint density at radius 3 is 1.28 bits per heavy atom. The number of carbonyl (C=O) groups excluding carboxylic acids is 5. The normalized spacial score (nSPS) is 19.0. The Hall–Kier alpha value is -6.61. The van der Waals surface area contributed by atoms with Gasteiger partial charge in [0.15, 0.2) is 23.1 Å². The van der Waals surface area contributed by atoms with Gasteiger partial charge in [-0.15, -0.1) is 0 Å². The summed E-state index contributed by atoms with van der Waals surface area (Å²) in [6, 6.07) is 52.1. The van der Waals surface area contributed by atoms with Gasteiger partial charge in [0.05, 0.1) is 6.54 Å². The fourth-order valence-electron chi connectivity index (χ4n) is 10.4. The minimum absolute atomic E-state index is 0.00460. The minimum Gasteiger partial charge on any atom is -0.348 e. The summed E-state index contributed by atoms with van der Waals surface area (Å²) in [6.07, 6.45) is 0.993. The molecule has 6 aromatic rings. The fraction of sp³-hybridized carbons (Fsp3) is 0.317. The van der Waals surface area contributed by atoms with Gasteiger partial charge >= 0.3 is 0 Å². The molecule has 8 heteroatoms. The van der Waals surface area contributed by atoms with Crippen LogP contribution >= 0.6 is 0 Å². The van der Waals surface area contributed by atoms with Crippen LogP contribution in [0.25, 0.3) is 0 Å². The lowest BCUT2D eigenvalue weighted by molar-refractivity contribution is -0.130. The van der Waals surface area contributed by atoms with Crippen molar-refractivity contribution in [1.82, 2.24) is 14.7 Å². The second-order valence-corrected chi connectivity index (χ2v) is 18.8. The average Bonchev–Trinajstić information content (AvgIpc) is 3.37. The number of likely N-dealkylation sites (N-methyl/N-ethyl adjacent to an activating group) is 1. The molecule has 350 valence electrons. The molecule has 2 aliphatic rings. The van der Waals surface area contributed by atoms with Crippen LogP contribution in [0, 0.1) is 44.4 Å². The largest absolute Gasteiger partial charge is 0.348 e. The number of ketones is 4. The molecule has 0 bridgehead atoms. The number of likely N-dealkylation sites (tertiary alicyclic amines) is 2. The van der Waals surface area contributed by atoms with E-state index in [0.29, 0.717) is 37.3 Å². The maximum atomic E-state index is 13.9. The standard InChI is InChI=1S/C30H32N2O3.C30H33NO2/c1-21-11-10-16-24(17-21)28-25(29(34)22-12-6-4-7-13-22)18-32(20-27(33)31(2)3)19-26(28)30(35)23-14-8-5-9-15-23;1-4-18-31-19-26(29(32)23-13-7-5-8-14-23)28(25-17-11-12-21(2)22(25)3)27(20-31)30(33)24-15-9-6-10-16-24/h4-17,25-26,28H,18-20H2,1-3H3;5-17,26-28H,4,18-20H2,1-3H3/t25-,26-;26-,27-/m00/s1. The number of hydrogen-bond acceptors (Lipinski definition) is 7. The zero-order chi connectivity index (χ0) is 48.3. The third-order valence-electron chi connectivity index (χ3n) is 14.0. The Morgan fingerprint density at radius 1 is 0.485 bits per heavy atom. The molecule has 8 nitrogen and oxygen atoms in total. The maximum absolute atomic E-state index is 13.9. The van der Waals surface area contributed by atoms with Gasteiger partial charge in [-0.1, -0.05) is 176 Å². The van der Waals surface area contributed by atoms with Crippen LogP contribution in [-0.2, 0) is 4.79 Å². The molecule has 0 aromatic heterocycles. The number of amides is 1. The minimum atomic E-state index is -0.458. The van der Waals surface area contributed by atoms with E-state index in [2.05, 4.69) is 49.9 Å². The lowest BCUT2D eigenvalue weighted by atomic mass is 9.67. The predicted molar refractivity (Wildman–Crippen MR) is 271 cm³/mol. The van der Waals surface area contributed by atoms with Gasteiger partial charge in [0, 0.05) is 98.0 Å². The van der Waals surface area contributed by atoms with Gasteiger partial charge in [-0.05, 0) is 56.0 Å². The van der Waals surface area contributed by atoms with Crippen LogP contribution in [-0.4, -0.2) is 97.1 Å². The summed E-state index contributed by atoms with van der Waals surface area (Å²) in [5.41, 5.74) is 8.29. The lowest BCUT2D eigenvalue weighted by Gasteiger charge is -2.43. The van der Waals surface area contributed by atoms with E-state index < -0.39 is 11.8 Å². The van der Waals surface area contributed by atoms with Crippen molar-refractivity contribution in [3.63, 3.8) is 0 Å². The van der Waals surface area contributed by atoms with Gasteiger partial charge in [0.2, 0.25) is 5.91 Å². The summed E-state index contributed by atoms with van der Waals surface area (Å²) < 4.78 is 0. The van der Waals surface area contributed by atoms with Crippen molar-refractivity contribution in [2.24, 2.45) is 23.7 Å². The van der Waals surface area contributed by atoms with E-state index in [0.717, 1.165) is 40.8 Å². The Kier molecular flexibility index (Phi) is 16.6. The number of rotatable bonds is 14. The van der Waals surface area contributed by atoms with Crippen LogP contribution in [0.1, 0.15) is 94.4 Å². The van der Waals surface area contributed by atoms with Crippen molar-refractivity contribution < 1.29 is 24.0 Å². The predicted octanol–water partition coefficient (Wildman–Crippen LogP) is 10.6. The number of hydrogen-bond donors (Lipinski definition) is 0. The second-order valence-electron chi connectivity index (χ2n) is 18.8. The first-order valence-electron chi connectivity index (χ1n) is 24.0. The third-order valence-corrected chi connectivity index (χ3v) is 14.0. The first-order chi connectivity index (χ1) is 32.9. The summed E-state index contributed by atoms with van der Waals surface area (Å²) in [7, 11) is 3.45. The molecule has 2 aliphatic heterocycles. The Balaban J connectivity index is 0.000000202. The van der Waals surface area contributed by atoms with E-state index in [1.807, 2.05) is 151 Å². The molecule has 4 atom stereocenters. The highest BCUT2D eigenvalue weighted by atomic mass is 16.2. The molecule has 0 spiro atoms. The van der Waals surface area contributed by atoms with Gasteiger partial charge in [-0.2, -0.15) is 0 Å². The molecule has 0 saturated carbocycles. The molecule has 0 unspecified atom stereocenters. The number of benzene rings is 6. The molecule has 2 heterocycles. The van der Waals surface area contributed by atoms with Crippen molar-refractivity contribution in [3.05, 3.63) is 214 Å². The number of carbonyl (C=O) groups is 5. The van der Waals surface area contributed by atoms with Crippen LogP contribution in [0.5, 0.6) is 0 Å². The van der Waals surface area contributed by atoms with Crippen molar-refractivity contribution in [2.45, 2.75) is 46.0 Å². The van der Waals surface area contributed by atoms with E-state index in [4.69, 9.17) is 0 Å². The number of aryl methyl sites for hydroxylation is 2. The fourth-order valence-corrected chi connectivity index (χ4v) is 10.4. The molecule has 1 amide bonds. The van der Waals surface area contributed by atoms with Gasteiger partial charge in [-0.25, -0.2) is 0 Å². The molecule has 6 aromatic carbocycles. The average molecular weight is 908 g/mol. The molecule has 2 saturated heterocycles. The number of piperidine rings is 2. The highest BCUT2D eigenvalue weighted by molar-refractivity contribution is 6.03. The summed E-state index contributed by atoms with van der Waals surface area (Å²) >= 11 is 0. The van der Waals surface area contributed by atoms with Gasteiger partial charge in [0.25, 0.3) is 0 Å². The van der Waals surface area contributed by atoms with Gasteiger partial charge in [0.1, 0.15) is 0 Å². The highest BCUT2D eigenvalue weighted by Gasteiger charge is 2.47. The number of nitrogens with zero attached hydrogens (tertiary/aromatic N) is 3. The third kappa shape index (κ3) is 11.6. The maximum Gasteiger partial charge on any atom is 0.236 e. The van der Waals surface area contributed by atoms with E-state index >= 15 is 0 Å². The first kappa shape index (κ1) is 49.3. The molecule has 2 fully saturated rings. The molecule has 68 heavy (non-hydrogen) atoms. The molecule has 8 rings (SSSR count). The zero-order valence-electron chi connectivity index (χ0n) is 40.4. The summed E-state index contributed by atoms with van der Waals surface area (Å²) in [5, 5.41) is 0. The molecular weight excluding hydrogens is 843 g/mol. The van der Waals surface area contributed by atoms with Gasteiger partial charge in [-0.3, -0.25) is 28.9 Å². The smallest absolute Gasteiger partial charge is 0.236 e. The van der Waals surface area contributed by atoms with E-state index in [9.17, 15) is 24.0 Å². The molecule has 0 radical (unpaired) electrons. The van der Waals surface area contributed by atoms with E-state index in [1.165, 1.54) is 11.1 Å². The summed E-state index contributed by atoms with van der Waals surface area (Å²) in [5.74, 6) is -1.68. The topological polar surface area (TPSA) is 95.1 Å². The Morgan fingerprint density at radius 2 is 0.882 bits per heavy atom. The lowest BCUT2D eigenvalue weighted by Crippen LogP contribution is -2.52. The van der Waals surface area contributed by atoms with E-state index in [1.54, 1.807) is 19.0 Å². The van der Waals surface area contributed by atoms with E-state index in [-0.39, 0.29) is 59.3 Å². The number of Topliss-reactive ketones (excluding diaryl/α,β-unsaturated/α-hetero) is 4. The quantitative estimate of drug-likeness (QED) is 0.100. The van der Waals surface area contributed by atoms with Crippen molar-refractivity contribution in [2.75, 3.05) is 53.4 Å². The van der Waals surface area contributed by atoms with Crippen molar-refractivity contribution in [3.8, 4) is 0 Å². The molecule has 0 aliphatic carbocycles. The van der Waals surface area contributed by atoms with Crippen LogP contribution in [0.3, 0.4) is 0 Å². The second kappa shape index (κ2) is 22.9. The Bertz CT molecular complexity index is 2550. The molecular formula is C60H65N3O5. The van der Waals surface area contributed by atoms with Crippen LogP contribution < -0.4 is 0 Å². The summed E-state index contributed by atoms with van der Waals surface area (Å²) in [4.78, 5) is 74.1. The van der Waals surface area contributed by atoms with Crippen molar-refractivity contribution in [1.29, 1.82) is 0 Å². The van der Waals surface area contributed by atoms with Crippen molar-refractivity contribution >= 4 is 29.0 Å². The van der Waals surface area contributed by atoms with Crippen LogP contribution in [0.15, 0.2) is 164 Å². The highest BCUT2D eigenvalue weighted by Crippen LogP contribution is 2.43. The summed E-state index contributed by atoms with van der Waals surface area (Å²) in [6.45, 7) is 11.7. The monoisotopic (exact) mass is 907 g/mol. The van der Waals surface area contributed by atoms with Gasteiger partial charge < -0.3 is 9.80 Å². The zero-order valence-corrected chi connectivity index (χ0v) is 40.4. The first-order valence-corrected chi connectivity index (χ1v) is 24.0.